The molecule has 0 unspecified atom stereocenters. The highest BCUT2D eigenvalue weighted by molar-refractivity contribution is 6.01. The molecule has 26 heavy (non-hydrogen) atoms. The van der Waals surface area contributed by atoms with E-state index in [1.165, 1.54) is 6.07 Å². The molecule has 0 aliphatic rings. The predicted molar refractivity (Wildman–Crippen MR) is 98.8 cm³/mol. The second-order valence-corrected chi connectivity index (χ2v) is 5.98. The monoisotopic (exact) mass is 347 g/mol. The van der Waals surface area contributed by atoms with E-state index in [2.05, 4.69) is 5.32 Å². The van der Waals surface area contributed by atoms with E-state index in [9.17, 15) is 14.7 Å². The minimum atomic E-state index is -1.07. The van der Waals surface area contributed by atoms with Gasteiger partial charge in [0.2, 0.25) is 6.54 Å². The van der Waals surface area contributed by atoms with Gasteiger partial charge in [0.05, 0.1) is 11.3 Å². The van der Waals surface area contributed by atoms with Crippen molar-refractivity contribution in [2.75, 3.05) is 5.32 Å². The molecule has 0 atom stereocenters. The van der Waals surface area contributed by atoms with Crippen LogP contribution in [0.3, 0.4) is 0 Å². The number of benzene rings is 2. The summed E-state index contributed by atoms with van der Waals surface area (Å²) in [4.78, 5) is 23.8. The lowest BCUT2D eigenvalue weighted by Gasteiger charge is -2.10. The maximum Gasteiger partial charge on any atom is 0.337 e. The molecule has 5 heteroatoms. The molecule has 1 aromatic heterocycles. The third-order valence-electron chi connectivity index (χ3n) is 4.06. The minimum absolute atomic E-state index is 0.0846. The van der Waals surface area contributed by atoms with Gasteiger partial charge < -0.3 is 10.4 Å². The van der Waals surface area contributed by atoms with E-state index in [1.54, 1.807) is 23.6 Å². The fraction of sp³-hybridized carbons (Fsp3) is 0.0952. The lowest BCUT2D eigenvalue weighted by atomic mass is 10.1. The number of para-hydroxylation sites is 1. The number of nitrogens with one attached hydrogen (secondary N) is 1. The zero-order chi connectivity index (χ0) is 18.5. The SMILES string of the molecule is Cc1cccc(C(=O)O)c1NC(=O)C[n+]1cccc(-c2ccccc2)c1. The summed E-state index contributed by atoms with van der Waals surface area (Å²) in [6, 6.07) is 18.7. The summed E-state index contributed by atoms with van der Waals surface area (Å²) in [7, 11) is 0. The molecule has 0 fully saturated rings. The van der Waals surface area contributed by atoms with Crippen molar-refractivity contribution in [2.45, 2.75) is 13.5 Å². The average molecular weight is 347 g/mol. The Balaban J connectivity index is 1.79. The number of anilines is 1. The summed E-state index contributed by atoms with van der Waals surface area (Å²) >= 11 is 0. The van der Waals surface area contributed by atoms with Crippen LogP contribution in [0.2, 0.25) is 0 Å². The van der Waals surface area contributed by atoms with Gasteiger partial charge in [-0.15, -0.1) is 0 Å². The number of carbonyl (C=O) groups excluding carboxylic acids is 1. The molecule has 0 saturated heterocycles. The first kappa shape index (κ1) is 17.4. The quantitative estimate of drug-likeness (QED) is 0.696. The Morgan fingerprint density at radius 2 is 1.69 bits per heavy atom. The van der Waals surface area contributed by atoms with Crippen LogP contribution in [0.1, 0.15) is 15.9 Å². The average Bonchev–Trinajstić information content (AvgIpc) is 2.64. The number of amides is 1. The maximum atomic E-state index is 12.4. The van der Waals surface area contributed by atoms with Gasteiger partial charge >= 0.3 is 5.97 Å². The second kappa shape index (κ2) is 7.61. The zero-order valence-electron chi connectivity index (χ0n) is 14.3. The molecule has 0 aliphatic heterocycles. The molecule has 0 saturated carbocycles. The Labute approximate surface area is 151 Å². The van der Waals surface area contributed by atoms with Crippen LogP contribution >= 0.6 is 0 Å². The summed E-state index contributed by atoms with van der Waals surface area (Å²) in [5.41, 5.74) is 3.20. The lowest BCUT2D eigenvalue weighted by molar-refractivity contribution is -0.683. The van der Waals surface area contributed by atoms with Gasteiger partial charge in [-0.1, -0.05) is 42.5 Å². The third kappa shape index (κ3) is 3.95. The summed E-state index contributed by atoms with van der Waals surface area (Å²) in [6.07, 6.45) is 3.70. The third-order valence-corrected chi connectivity index (χ3v) is 4.06. The number of aryl methyl sites for hydroxylation is 1. The highest BCUT2D eigenvalue weighted by Gasteiger charge is 2.17. The molecular formula is C21H19N2O3+. The van der Waals surface area contributed by atoms with Gasteiger partial charge in [-0.3, -0.25) is 4.79 Å². The number of hydrogen-bond donors (Lipinski definition) is 2. The minimum Gasteiger partial charge on any atom is -0.478 e. The molecule has 0 radical (unpaired) electrons. The van der Waals surface area contributed by atoms with E-state index in [0.29, 0.717) is 11.3 Å². The van der Waals surface area contributed by atoms with Crippen molar-refractivity contribution in [1.82, 2.24) is 0 Å². The summed E-state index contributed by atoms with van der Waals surface area (Å²) < 4.78 is 1.77. The van der Waals surface area contributed by atoms with Crippen LogP contribution in [-0.2, 0) is 11.3 Å². The number of aromatic carboxylic acids is 1. The van der Waals surface area contributed by atoms with Gasteiger partial charge in [0.1, 0.15) is 0 Å². The van der Waals surface area contributed by atoms with E-state index in [4.69, 9.17) is 0 Å². The van der Waals surface area contributed by atoms with Crippen molar-refractivity contribution in [2.24, 2.45) is 0 Å². The topological polar surface area (TPSA) is 70.3 Å². The second-order valence-electron chi connectivity index (χ2n) is 5.98. The molecule has 130 valence electrons. The molecule has 0 spiro atoms. The molecule has 0 bridgehead atoms. The molecule has 3 rings (SSSR count). The Morgan fingerprint density at radius 3 is 2.42 bits per heavy atom. The molecule has 1 heterocycles. The fourth-order valence-electron chi connectivity index (χ4n) is 2.78. The molecule has 2 aromatic carbocycles. The lowest BCUT2D eigenvalue weighted by Crippen LogP contribution is -2.40. The van der Waals surface area contributed by atoms with Crippen molar-refractivity contribution in [1.29, 1.82) is 0 Å². The van der Waals surface area contributed by atoms with Gasteiger partial charge in [-0.2, -0.15) is 4.57 Å². The molecule has 5 nitrogen and oxygen atoms in total. The fourth-order valence-corrected chi connectivity index (χ4v) is 2.78. The van der Waals surface area contributed by atoms with E-state index in [0.717, 1.165) is 11.1 Å². The summed E-state index contributed by atoms with van der Waals surface area (Å²) in [6.45, 7) is 1.86. The van der Waals surface area contributed by atoms with E-state index in [-0.39, 0.29) is 18.0 Å². The van der Waals surface area contributed by atoms with Crippen molar-refractivity contribution in [3.05, 3.63) is 84.2 Å². The van der Waals surface area contributed by atoms with E-state index < -0.39 is 5.97 Å². The van der Waals surface area contributed by atoms with Crippen LogP contribution in [0, 0.1) is 6.92 Å². The van der Waals surface area contributed by atoms with Crippen LogP contribution < -0.4 is 9.88 Å². The number of hydrogen-bond acceptors (Lipinski definition) is 2. The van der Waals surface area contributed by atoms with Gasteiger partial charge in [0.15, 0.2) is 12.4 Å². The molecular weight excluding hydrogens is 328 g/mol. The smallest absolute Gasteiger partial charge is 0.337 e. The number of aromatic nitrogens is 1. The number of pyridine rings is 1. The van der Waals surface area contributed by atoms with Crippen molar-refractivity contribution in [3.8, 4) is 11.1 Å². The Hall–Kier alpha value is -3.47. The first-order valence-electron chi connectivity index (χ1n) is 8.22. The van der Waals surface area contributed by atoms with Crippen LogP contribution in [-0.4, -0.2) is 17.0 Å². The maximum absolute atomic E-state index is 12.4. The number of carboxylic acid groups (broad SMARTS) is 1. The van der Waals surface area contributed by atoms with Gasteiger partial charge in [0.25, 0.3) is 5.91 Å². The van der Waals surface area contributed by atoms with Gasteiger partial charge in [-0.05, 0) is 30.2 Å². The standard InChI is InChI=1S/C21H18N2O3/c1-15-7-5-11-18(21(25)26)20(15)22-19(24)14-23-12-6-10-17(13-23)16-8-3-2-4-9-16/h2-13H,14H2,1H3,(H-,22,24,25,26)/p+1. The highest BCUT2D eigenvalue weighted by atomic mass is 16.4. The van der Waals surface area contributed by atoms with Crippen LogP contribution in [0.5, 0.6) is 0 Å². The van der Waals surface area contributed by atoms with Crippen LogP contribution in [0.15, 0.2) is 73.1 Å². The van der Waals surface area contributed by atoms with Crippen molar-refractivity contribution < 1.29 is 19.3 Å². The predicted octanol–water partition coefficient (Wildman–Crippen LogP) is 3.29. The molecule has 1 amide bonds. The number of rotatable bonds is 5. The molecule has 3 aromatic rings. The zero-order valence-corrected chi connectivity index (χ0v) is 14.3. The number of carboxylic acids is 1. The van der Waals surface area contributed by atoms with Crippen molar-refractivity contribution >= 4 is 17.6 Å². The highest BCUT2D eigenvalue weighted by Crippen LogP contribution is 2.20. The summed E-state index contributed by atoms with van der Waals surface area (Å²) in [5.74, 6) is -1.35. The molecule has 0 aliphatic carbocycles. The first-order valence-corrected chi connectivity index (χ1v) is 8.22. The van der Waals surface area contributed by atoms with E-state index >= 15 is 0 Å². The normalized spacial score (nSPS) is 10.3. The first-order chi connectivity index (χ1) is 12.5. The number of nitrogens with zero attached hydrogens (tertiary/aromatic N) is 1. The van der Waals surface area contributed by atoms with Crippen molar-refractivity contribution in [3.63, 3.8) is 0 Å². The Kier molecular flexibility index (Phi) is 5.08. The number of carbonyl (C=O) groups is 2. The molecule has 2 N–H and O–H groups in total. The Bertz CT molecular complexity index is 952. The van der Waals surface area contributed by atoms with E-state index in [1.807, 2.05) is 54.9 Å². The van der Waals surface area contributed by atoms with Crippen LogP contribution in [0.25, 0.3) is 11.1 Å². The van der Waals surface area contributed by atoms with Crippen LogP contribution in [0.4, 0.5) is 5.69 Å². The van der Waals surface area contributed by atoms with Gasteiger partial charge in [0, 0.05) is 11.6 Å². The largest absolute Gasteiger partial charge is 0.478 e. The Morgan fingerprint density at radius 1 is 0.962 bits per heavy atom. The summed E-state index contributed by atoms with van der Waals surface area (Å²) in [5, 5.41) is 12.0. The van der Waals surface area contributed by atoms with Gasteiger partial charge in [-0.25, -0.2) is 4.79 Å².